The molecule has 1 aliphatic heterocycles. The number of carbonyl (C=O) groups excluding carboxylic acids is 1. The number of hydrogen-bond acceptors (Lipinski definition) is 2. The molecule has 0 fully saturated rings. The number of Topliss-reactive ketones (excluding diaryl/α,β-unsaturated/α-hetero) is 1. The lowest BCUT2D eigenvalue weighted by molar-refractivity contribution is 0.0932. The van der Waals surface area contributed by atoms with E-state index in [1.54, 1.807) is 0 Å². The predicted octanol–water partition coefficient (Wildman–Crippen LogP) is 3.18. The van der Waals surface area contributed by atoms with Crippen LogP contribution in [0.3, 0.4) is 0 Å². The SMILES string of the molecule is O=C1CCOc2c(Br)ccc(Br)c21. The van der Waals surface area contributed by atoms with Crippen LogP contribution in [0.5, 0.6) is 5.75 Å². The molecule has 13 heavy (non-hydrogen) atoms. The molecular weight excluding hydrogens is 300 g/mol. The summed E-state index contributed by atoms with van der Waals surface area (Å²) in [6.45, 7) is 0.473. The molecule has 0 N–H and O–H groups in total. The second kappa shape index (κ2) is 3.42. The van der Waals surface area contributed by atoms with E-state index >= 15 is 0 Å². The number of ketones is 1. The first-order valence-electron chi connectivity index (χ1n) is 3.84. The predicted molar refractivity (Wildman–Crippen MR) is 56.3 cm³/mol. The number of rotatable bonds is 0. The maximum atomic E-state index is 11.5. The lowest BCUT2D eigenvalue weighted by atomic mass is 10.1. The third kappa shape index (κ3) is 1.53. The van der Waals surface area contributed by atoms with Crippen molar-refractivity contribution < 1.29 is 9.53 Å². The summed E-state index contributed by atoms with van der Waals surface area (Å²) >= 11 is 6.68. The normalized spacial score (nSPS) is 15.1. The van der Waals surface area contributed by atoms with Gasteiger partial charge in [-0.05, 0) is 44.0 Å². The Morgan fingerprint density at radius 3 is 2.62 bits per heavy atom. The van der Waals surface area contributed by atoms with Gasteiger partial charge >= 0.3 is 0 Å². The Labute approximate surface area is 92.5 Å². The summed E-state index contributed by atoms with van der Waals surface area (Å²) in [6.07, 6.45) is 0.460. The van der Waals surface area contributed by atoms with E-state index in [2.05, 4.69) is 31.9 Å². The zero-order chi connectivity index (χ0) is 9.42. The van der Waals surface area contributed by atoms with Gasteiger partial charge in [0.05, 0.1) is 16.6 Å². The van der Waals surface area contributed by atoms with E-state index in [1.807, 2.05) is 12.1 Å². The van der Waals surface area contributed by atoms with Gasteiger partial charge in [0, 0.05) is 10.9 Å². The highest BCUT2D eigenvalue weighted by Gasteiger charge is 2.23. The van der Waals surface area contributed by atoms with Crippen molar-refractivity contribution in [2.75, 3.05) is 6.61 Å². The number of ether oxygens (including phenoxy) is 1. The summed E-state index contributed by atoms with van der Waals surface area (Å²) in [5.41, 5.74) is 0.653. The minimum Gasteiger partial charge on any atom is -0.491 e. The smallest absolute Gasteiger partial charge is 0.171 e. The van der Waals surface area contributed by atoms with Gasteiger partial charge in [0.2, 0.25) is 0 Å². The Morgan fingerprint density at radius 2 is 1.92 bits per heavy atom. The Bertz CT molecular complexity index is 374. The molecule has 1 heterocycles. The fraction of sp³-hybridized carbons (Fsp3) is 0.222. The molecule has 0 aliphatic carbocycles. The molecule has 0 unspecified atom stereocenters. The molecule has 68 valence electrons. The van der Waals surface area contributed by atoms with Crippen LogP contribution in [0, 0.1) is 0 Å². The van der Waals surface area contributed by atoms with Gasteiger partial charge in [-0.25, -0.2) is 0 Å². The fourth-order valence-electron chi connectivity index (χ4n) is 1.30. The maximum absolute atomic E-state index is 11.5. The molecule has 0 atom stereocenters. The van der Waals surface area contributed by atoms with Gasteiger partial charge < -0.3 is 4.74 Å². The van der Waals surface area contributed by atoms with E-state index in [0.717, 1.165) is 8.95 Å². The lowest BCUT2D eigenvalue weighted by Crippen LogP contribution is -2.16. The standard InChI is InChI=1S/C9H6Br2O2/c10-5-1-2-6(11)9-8(5)7(12)3-4-13-9/h1-2H,3-4H2. The van der Waals surface area contributed by atoms with Crippen molar-refractivity contribution >= 4 is 37.6 Å². The van der Waals surface area contributed by atoms with Crippen LogP contribution in [-0.2, 0) is 0 Å². The van der Waals surface area contributed by atoms with Gasteiger partial charge in [0.25, 0.3) is 0 Å². The molecule has 4 heteroatoms. The minimum atomic E-state index is 0.134. The number of carbonyl (C=O) groups is 1. The fourth-order valence-corrected chi connectivity index (χ4v) is 2.28. The van der Waals surface area contributed by atoms with Crippen molar-refractivity contribution in [3.8, 4) is 5.75 Å². The molecule has 1 aliphatic rings. The summed E-state index contributed by atoms with van der Waals surface area (Å²) in [5, 5.41) is 0. The lowest BCUT2D eigenvalue weighted by Gasteiger charge is -2.18. The van der Waals surface area contributed by atoms with Gasteiger partial charge in [0.15, 0.2) is 5.78 Å². The average molecular weight is 306 g/mol. The van der Waals surface area contributed by atoms with Crippen LogP contribution in [0.2, 0.25) is 0 Å². The van der Waals surface area contributed by atoms with Crippen molar-refractivity contribution in [2.45, 2.75) is 6.42 Å². The average Bonchev–Trinajstić information content (AvgIpc) is 2.12. The molecule has 0 radical (unpaired) electrons. The van der Waals surface area contributed by atoms with E-state index < -0.39 is 0 Å². The molecular formula is C9H6Br2O2. The van der Waals surface area contributed by atoms with Crippen LogP contribution in [0.15, 0.2) is 21.1 Å². The second-order valence-corrected chi connectivity index (χ2v) is 4.46. The number of fused-ring (bicyclic) bond motifs is 1. The van der Waals surface area contributed by atoms with Crippen molar-refractivity contribution in [1.82, 2.24) is 0 Å². The van der Waals surface area contributed by atoms with E-state index in [4.69, 9.17) is 4.74 Å². The van der Waals surface area contributed by atoms with E-state index in [-0.39, 0.29) is 5.78 Å². The van der Waals surface area contributed by atoms with E-state index in [1.165, 1.54) is 0 Å². The van der Waals surface area contributed by atoms with Crippen LogP contribution < -0.4 is 4.74 Å². The molecule has 0 spiro atoms. The van der Waals surface area contributed by atoms with Crippen LogP contribution in [0.1, 0.15) is 16.8 Å². The third-order valence-corrected chi connectivity index (χ3v) is 3.20. The van der Waals surface area contributed by atoms with Gasteiger partial charge in [0.1, 0.15) is 5.75 Å². The van der Waals surface area contributed by atoms with Gasteiger partial charge in [-0.3, -0.25) is 4.79 Å². The second-order valence-electron chi connectivity index (χ2n) is 2.75. The summed E-state index contributed by atoms with van der Waals surface area (Å²) < 4.78 is 7.04. The third-order valence-electron chi connectivity index (χ3n) is 1.91. The van der Waals surface area contributed by atoms with Crippen molar-refractivity contribution in [3.63, 3.8) is 0 Å². The molecule has 0 saturated carbocycles. The quantitative estimate of drug-likeness (QED) is 0.736. The summed E-state index contributed by atoms with van der Waals surface area (Å²) in [5.74, 6) is 0.792. The monoisotopic (exact) mass is 304 g/mol. The Hall–Kier alpha value is -0.350. The summed E-state index contributed by atoms with van der Waals surface area (Å²) in [4.78, 5) is 11.5. The topological polar surface area (TPSA) is 26.3 Å². The Morgan fingerprint density at radius 1 is 1.23 bits per heavy atom. The van der Waals surface area contributed by atoms with Crippen LogP contribution in [0.25, 0.3) is 0 Å². The van der Waals surface area contributed by atoms with Crippen LogP contribution in [0.4, 0.5) is 0 Å². The van der Waals surface area contributed by atoms with Crippen LogP contribution >= 0.6 is 31.9 Å². The first kappa shape index (κ1) is 9.21. The van der Waals surface area contributed by atoms with Gasteiger partial charge in [-0.1, -0.05) is 0 Å². The molecule has 0 amide bonds. The minimum absolute atomic E-state index is 0.134. The zero-order valence-corrected chi connectivity index (χ0v) is 9.81. The Kier molecular flexibility index (Phi) is 2.43. The molecule has 1 aromatic carbocycles. The van der Waals surface area contributed by atoms with E-state index in [9.17, 15) is 4.79 Å². The molecule has 0 bridgehead atoms. The molecule has 2 nitrogen and oxygen atoms in total. The molecule has 0 saturated heterocycles. The van der Waals surface area contributed by atoms with Gasteiger partial charge in [-0.2, -0.15) is 0 Å². The van der Waals surface area contributed by atoms with Crippen molar-refractivity contribution in [1.29, 1.82) is 0 Å². The molecule has 2 rings (SSSR count). The largest absolute Gasteiger partial charge is 0.491 e. The number of benzene rings is 1. The van der Waals surface area contributed by atoms with Crippen molar-refractivity contribution in [3.05, 3.63) is 26.6 Å². The maximum Gasteiger partial charge on any atom is 0.171 e. The highest BCUT2D eigenvalue weighted by Crippen LogP contribution is 2.37. The van der Waals surface area contributed by atoms with Crippen molar-refractivity contribution in [2.24, 2.45) is 0 Å². The molecule has 0 aromatic heterocycles. The number of halogens is 2. The highest BCUT2D eigenvalue weighted by molar-refractivity contribution is 9.11. The summed E-state index contributed by atoms with van der Waals surface area (Å²) in [7, 11) is 0. The zero-order valence-electron chi connectivity index (χ0n) is 6.64. The van der Waals surface area contributed by atoms with Gasteiger partial charge in [-0.15, -0.1) is 0 Å². The number of hydrogen-bond donors (Lipinski definition) is 0. The van der Waals surface area contributed by atoms with Crippen LogP contribution in [-0.4, -0.2) is 12.4 Å². The first-order valence-corrected chi connectivity index (χ1v) is 5.43. The highest BCUT2D eigenvalue weighted by atomic mass is 79.9. The Balaban J connectivity index is 2.67. The summed E-state index contributed by atoms with van der Waals surface area (Å²) in [6, 6.07) is 3.71. The molecule has 1 aromatic rings. The van der Waals surface area contributed by atoms with E-state index in [0.29, 0.717) is 24.3 Å². The first-order chi connectivity index (χ1) is 6.20.